The molecule has 0 radical (unpaired) electrons. The van der Waals surface area contributed by atoms with Gasteiger partial charge in [0.2, 0.25) is 0 Å². The highest BCUT2D eigenvalue weighted by Crippen LogP contribution is 2.43. The van der Waals surface area contributed by atoms with Gasteiger partial charge in [0.15, 0.2) is 0 Å². The van der Waals surface area contributed by atoms with Crippen molar-refractivity contribution in [3.63, 3.8) is 0 Å². The molecule has 0 aromatic heterocycles. The summed E-state index contributed by atoms with van der Waals surface area (Å²) < 4.78 is 33.6. The number of hydrogen-bond donors (Lipinski definition) is 2. The first kappa shape index (κ1) is 59.4. The van der Waals surface area contributed by atoms with E-state index >= 15 is 0 Å². The van der Waals surface area contributed by atoms with Crippen LogP contribution in [0.5, 0.6) is 0 Å². The van der Waals surface area contributed by atoms with Crippen LogP contribution < -0.4 is 5.73 Å². The summed E-state index contributed by atoms with van der Waals surface area (Å²) in [4.78, 5) is 22.6. The lowest BCUT2D eigenvalue weighted by atomic mass is 10.1. The van der Waals surface area contributed by atoms with E-state index in [0.29, 0.717) is 13.0 Å². The Morgan fingerprint density at radius 3 is 1.27 bits per heavy atom. The SMILES string of the molecule is CC/C=C\C/C=C\C/C=C\C/C=C\C/C=C\CCCCCCCCCCCC(=O)OC(COCCCCCCCCCC/C=C\C/C=C\C/C=C\CC)COP(=O)(O)OCCN. The second-order valence-corrected chi connectivity index (χ2v) is 17.4. The van der Waals surface area contributed by atoms with Crippen LogP contribution in [0.1, 0.15) is 194 Å². The van der Waals surface area contributed by atoms with Crippen LogP contribution in [0.2, 0.25) is 0 Å². The smallest absolute Gasteiger partial charge is 0.457 e. The van der Waals surface area contributed by atoms with Crippen LogP contribution in [-0.4, -0.2) is 49.9 Å². The topological polar surface area (TPSA) is 117 Å². The van der Waals surface area contributed by atoms with Crippen LogP contribution in [0.3, 0.4) is 0 Å². The van der Waals surface area contributed by atoms with Crippen molar-refractivity contribution in [2.75, 3.05) is 33.0 Å². The number of unbranched alkanes of at least 4 members (excludes halogenated alkanes) is 17. The van der Waals surface area contributed by atoms with Gasteiger partial charge in [-0.3, -0.25) is 13.8 Å². The lowest BCUT2D eigenvalue weighted by molar-refractivity contribution is -0.154. The van der Waals surface area contributed by atoms with Crippen LogP contribution in [0.4, 0.5) is 0 Å². The molecule has 8 nitrogen and oxygen atoms in total. The second kappa shape index (κ2) is 49.4. The Morgan fingerprint density at radius 2 is 0.855 bits per heavy atom. The van der Waals surface area contributed by atoms with E-state index < -0.39 is 13.9 Å². The Kier molecular flexibility index (Phi) is 47.4. The third-order valence-electron chi connectivity index (χ3n) is 10.00. The van der Waals surface area contributed by atoms with E-state index in [9.17, 15) is 14.3 Å². The van der Waals surface area contributed by atoms with E-state index in [2.05, 4.69) is 111 Å². The van der Waals surface area contributed by atoms with Crippen molar-refractivity contribution >= 4 is 13.8 Å². The molecule has 0 bridgehead atoms. The first-order valence-corrected chi connectivity index (χ1v) is 26.2. The summed E-state index contributed by atoms with van der Waals surface area (Å²) in [5, 5.41) is 0. The zero-order valence-electron chi connectivity index (χ0n) is 39.6. The molecule has 0 saturated carbocycles. The summed E-state index contributed by atoms with van der Waals surface area (Å²) in [6, 6.07) is 0. The minimum Gasteiger partial charge on any atom is -0.457 e. The molecule has 3 N–H and O–H groups in total. The number of carbonyl (C=O) groups excluding carboxylic acids is 1. The van der Waals surface area contributed by atoms with Gasteiger partial charge in [0, 0.05) is 19.6 Å². The highest BCUT2D eigenvalue weighted by Gasteiger charge is 2.25. The zero-order valence-corrected chi connectivity index (χ0v) is 40.5. The number of allylic oxidation sites excluding steroid dienone is 16. The Morgan fingerprint density at radius 1 is 0.484 bits per heavy atom. The van der Waals surface area contributed by atoms with Crippen LogP contribution in [-0.2, 0) is 27.9 Å². The third kappa shape index (κ3) is 48.5. The Bertz CT molecular complexity index is 1270. The summed E-state index contributed by atoms with van der Waals surface area (Å²) in [6.45, 7) is 4.66. The number of hydrogen-bond acceptors (Lipinski definition) is 7. The lowest BCUT2D eigenvalue weighted by Gasteiger charge is -2.20. The molecule has 9 heteroatoms. The lowest BCUT2D eigenvalue weighted by Crippen LogP contribution is -2.28. The van der Waals surface area contributed by atoms with Gasteiger partial charge in [-0.05, 0) is 89.9 Å². The van der Waals surface area contributed by atoms with Gasteiger partial charge in [-0.25, -0.2) is 4.57 Å². The second-order valence-electron chi connectivity index (χ2n) is 15.9. The molecule has 0 heterocycles. The first-order valence-electron chi connectivity index (χ1n) is 24.7. The Labute approximate surface area is 380 Å². The van der Waals surface area contributed by atoms with Crippen molar-refractivity contribution in [1.29, 1.82) is 0 Å². The van der Waals surface area contributed by atoms with E-state index in [1.165, 1.54) is 77.0 Å². The van der Waals surface area contributed by atoms with Crippen molar-refractivity contribution in [3.8, 4) is 0 Å². The molecule has 2 unspecified atom stereocenters. The standard InChI is InChI=1S/C53H92NO7P/c1-3-5-7-9-11-13-15-17-19-21-23-24-25-26-27-28-29-30-32-34-36-38-40-42-44-46-53(55)61-52(51-60-62(56,57)59-49-47-54)50-58-48-45-43-41-39-37-35-33-31-22-20-18-16-14-12-10-8-6-4-2/h5-8,11-14,17-20,23-24,26-27,52H,3-4,9-10,15-16,21-22,25,28-51,54H2,1-2H3,(H,56,57)/b7-5-,8-6-,13-11-,14-12-,19-17-,20-18-,24-23-,27-26-. The van der Waals surface area contributed by atoms with Crippen LogP contribution in [0.15, 0.2) is 97.2 Å². The van der Waals surface area contributed by atoms with Gasteiger partial charge >= 0.3 is 13.8 Å². The fourth-order valence-corrected chi connectivity index (χ4v) is 7.21. The molecule has 0 aliphatic carbocycles. The molecule has 0 fully saturated rings. The largest absolute Gasteiger partial charge is 0.472 e. The molecular weight excluding hydrogens is 794 g/mol. The fourth-order valence-electron chi connectivity index (χ4n) is 6.45. The summed E-state index contributed by atoms with van der Waals surface area (Å²) in [6.07, 6.45) is 65.7. The average molecular weight is 886 g/mol. The number of phosphoric ester groups is 1. The molecule has 0 aliphatic heterocycles. The van der Waals surface area contributed by atoms with E-state index in [1.807, 2.05) is 0 Å². The molecule has 0 saturated heterocycles. The van der Waals surface area contributed by atoms with Gasteiger partial charge in [0.1, 0.15) is 6.10 Å². The molecule has 0 aliphatic rings. The van der Waals surface area contributed by atoms with Gasteiger partial charge < -0.3 is 20.1 Å². The average Bonchev–Trinajstić information content (AvgIpc) is 3.26. The van der Waals surface area contributed by atoms with Crippen LogP contribution in [0.25, 0.3) is 0 Å². The zero-order chi connectivity index (χ0) is 45.1. The maximum absolute atomic E-state index is 12.7. The molecule has 0 amide bonds. The number of phosphoric acid groups is 1. The van der Waals surface area contributed by atoms with Crippen LogP contribution >= 0.6 is 7.82 Å². The van der Waals surface area contributed by atoms with Gasteiger partial charge in [0.05, 0.1) is 19.8 Å². The molecule has 0 spiro atoms. The molecular formula is C53H92NO7P. The Balaban J connectivity index is 4.00. The monoisotopic (exact) mass is 886 g/mol. The molecule has 356 valence electrons. The van der Waals surface area contributed by atoms with Crippen molar-refractivity contribution in [3.05, 3.63) is 97.2 Å². The van der Waals surface area contributed by atoms with Gasteiger partial charge in [0.25, 0.3) is 0 Å². The fraction of sp³-hybridized carbons (Fsp3) is 0.679. The van der Waals surface area contributed by atoms with Gasteiger partial charge in [-0.2, -0.15) is 0 Å². The van der Waals surface area contributed by atoms with Gasteiger partial charge in [-0.15, -0.1) is 0 Å². The maximum atomic E-state index is 12.7. The van der Waals surface area contributed by atoms with Crippen LogP contribution in [0, 0.1) is 0 Å². The number of nitrogens with two attached hydrogens (primary N) is 1. The normalized spacial score (nSPS) is 14.2. The summed E-state index contributed by atoms with van der Waals surface area (Å²) in [7, 11) is -4.29. The van der Waals surface area contributed by atoms with Gasteiger partial charge in [-0.1, -0.05) is 195 Å². The van der Waals surface area contributed by atoms with E-state index in [0.717, 1.165) is 96.3 Å². The predicted molar refractivity (Wildman–Crippen MR) is 265 cm³/mol. The van der Waals surface area contributed by atoms with Crippen molar-refractivity contribution in [2.24, 2.45) is 5.73 Å². The van der Waals surface area contributed by atoms with Crippen molar-refractivity contribution < 1.29 is 32.8 Å². The molecule has 2 atom stereocenters. The minimum absolute atomic E-state index is 0.0929. The van der Waals surface area contributed by atoms with Crippen molar-refractivity contribution in [1.82, 2.24) is 0 Å². The number of ether oxygens (including phenoxy) is 2. The van der Waals surface area contributed by atoms with E-state index in [4.69, 9.17) is 24.3 Å². The first-order chi connectivity index (χ1) is 30.4. The summed E-state index contributed by atoms with van der Waals surface area (Å²) >= 11 is 0. The molecule has 0 aromatic rings. The quantitative estimate of drug-likeness (QED) is 0.0269. The third-order valence-corrected chi connectivity index (χ3v) is 11.0. The van der Waals surface area contributed by atoms with Crippen molar-refractivity contribution in [2.45, 2.75) is 200 Å². The molecule has 0 rings (SSSR count). The molecule has 0 aromatic carbocycles. The van der Waals surface area contributed by atoms with E-state index in [1.54, 1.807) is 0 Å². The maximum Gasteiger partial charge on any atom is 0.472 e. The molecule has 62 heavy (non-hydrogen) atoms. The highest BCUT2D eigenvalue weighted by molar-refractivity contribution is 7.47. The number of carbonyl (C=O) groups is 1. The number of esters is 1. The summed E-state index contributed by atoms with van der Waals surface area (Å²) in [5.74, 6) is -0.343. The predicted octanol–water partition coefficient (Wildman–Crippen LogP) is 15.4. The Hall–Kier alpha value is -2.58. The summed E-state index contributed by atoms with van der Waals surface area (Å²) in [5.41, 5.74) is 5.38. The highest BCUT2D eigenvalue weighted by atomic mass is 31.2. The minimum atomic E-state index is -4.29. The number of rotatable bonds is 46. The van der Waals surface area contributed by atoms with E-state index in [-0.39, 0.29) is 32.3 Å².